The first-order valence-corrected chi connectivity index (χ1v) is 16.5. The molecule has 0 bridgehead atoms. The van der Waals surface area contributed by atoms with E-state index in [1.807, 2.05) is 41.3 Å². The number of anilines is 1. The molecule has 3 aromatic rings. The largest absolute Gasteiger partial charge is 0.386 e. The number of nitriles is 1. The van der Waals surface area contributed by atoms with Crippen molar-refractivity contribution in [3.63, 3.8) is 0 Å². The van der Waals surface area contributed by atoms with Gasteiger partial charge in [-0.3, -0.25) is 9.00 Å². The third kappa shape index (κ3) is 7.47. The van der Waals surface area contributed by atoms with Gasteiger partial charge >= 0.3 is 0 Å². The summed E-state index contributed by atoms with van der Waals surface area (Å²) in [5.41, 5.74) is 3.85. The van der Waals surface area contributed by atoms with Crippen LogP contribution in [0.4, 0.5) is 5.69 Å². The summed E-state index contributed by atoms with van der Waals surface area (Å²) in [7, 11) is -0.658. The maximum atomic E-state index is 11.8. The number of rotatable bonds is 6. The minimum absolute atomic E-state index is 0.115. The number of nitrogens with one attached hydrogen (secondary N) is 1. The van der Waals surface area contributed by atoms with Crippen molar-refractivity contribution >= 4 is 22.4 Å². The van der Waals surface area contributed by atoms with Gasteiger partial charge in [-0.1, -0.05) is 43.5 Å². The maximum absolute atomic E-state index is 11.8. The first kappa shape index (κ1) is 30.0. The van der Waals surface area contributed by atoms with Crippen LogP contribution < -0.4 is 10.2 Å². The summed E-state index contributed by atoms with van der Waals surface area (Å²) in [4.78, 5) is 14.0. The number of benzene rings is 2. The minimum atomic E-state index is -0.848. The van der Waals surface area contributed by atoms with Crippen LogP contribution in [-0.2, 0) is 21.2 Å². The molecule has 8 nitrogen and oxygen atoms in total. The summed E-state index contributed by atoms with van der Waals surface area (Å²) >= 11 is 0. The minimum Gasteiger partial charge on any atom is -0.386 e. The molecule has 1 amide bonds. The zero-order chi connectivity index (χ0) is 29.7. The highest BCUT2D eigenvalue weighted by atomic mass is 32.2. The van der Waals surface area contributed by atoms with Crippen molar-refractivity contribution in [2.75, 3.05) is 29.5 Å². The van der Waals surface area contributed by atoms with Crippen molar-refractivity contribution in [3.8, 4) is 22.9 Å². The average Bonchev–Trinajstić information content (AvgIpc) is 3.61. The van der Waals surface area contributed by atoms with E-state index < -0.39 is 21.9 Å². The van der Waals surface area contributed by atoms with Gasteiger partial charge in [-0.05, 0) is 74.9 Å². The molecular formula is C33H41N5O3S. The number of aromatic nitrogens is 2. The summed E-state index contributed by atoms with van der Waals surface area (Å²) in [6.07, 6.45) is 11.1. The number of amides is 1. The standard InChI is InChI=1S/C22H25N3O2S.C11H16N2O/c1-22(2,26)19-5-9-21(10-6-19)25-16-18(15-23-25)17-3-7-20(8-4-17)24-11-13-28(27)14-12-24;12-8-11(6-7-11)13-10(14)9-4-2-1-3-5-9/h3-10,15-16,26H,11-14H2,1-2H3;9H,1-7H2,(H,13,14). The molecular weight excluding hydrogens is 546 g/mol. The fourth-order valence-corrected chi connectivity index (χ4v) is 6.54. The van der Waals surface area contributed by atoms with Crippen LogP contribution in [0, 0.1) is 17.2 Å². The van der Waals surface area contributed by atoms with Gasteiger partial charge in [0.15, 0.2) is 0 Å². The SMILES string of the molecule is CC(C)(O)c1ccc(-n2cc(-c3ccc(N4CCS(=O)CC4)cc3)cn2)cc1.N#CC1(NC(=O)C2CCCCC2)CC1. The van der Waals surface area contributed by atoms with Crippen LogP contribution in [0.5, 0.6) is 0 Å². The van der Waals surface area contributed by atoms with Gasteiger partial charge in [0.2, 0.25) is 5.91 Å². The Balaban J connectivity index is 0.000000211. The van der Waals surface area contributed by atoms with Crippen LogP contribution in [0.25, 0.3) is 16.8 Å². The Kier molecular flexibility index (Phi) is 9.14. The van der Waals surface area contributed by atoms with E-state index in [1.54, 1.807) is 13.8 Å². The van der Waals surface area contributed by atoms with Crippen LogP contribution in [0.1, 0.15) is 64.4 Å². The molecule has 0 atom stereocenters. The van der Waals surface area contributed by atoms with Gasteiger partial charge in [0.25, 0.3) is 0 Å². The summed E-state index contributed by atoms with van der Waals surface area (Å²) in [5, 5.41) is 26.3. The van der Waals surface area contributed by atoms with Gasteiger partial charge in [-0.25, -0.2) is 4.68 Å². The molecule has 222 valence electrons. The molecule has 2 aromatic carbocycles. The third-order valence-corrected chi connectivity index (χ3v) is 9.74. The summed E-state index contributed by atoms with van der Waals surface area (Å²) in [6, 6.07) is 18.4. The van der Waals surface area contributed by atoms with E-state index in [2.05, 4.69) is 45.7 Å². The summed E-state index contributed by atoms with van der Waals surface area (Å²) < 4.78 is 13.4. The quantitative estimate of drug-likeness (QED) is 0.416. The van der Waals surface area contributed by atoms with Gasteiger partial charge in [0, 0.05) is 58.8 Å². The number of carbonyl (C=O) groups excluding carboxylic acids is 1. The Hall–Kier alpha value is -3.48. The van der Waals surface area contributed by atoms with Gasteiger partial charge in [-0.15, -0.1) is 0 Å². The van der Waals surface area contributed by atoms with E-state index in [9.17, 15) is 14.1 Å². The molecule has 2 heterocycles. The number of carbonyl (C=O) groups is 1. The second-order valence-electron chi connectivity index (χ2n) is 12.2. The molecule has 2 N–H and O–H groups in total. The first-order chi connectivity index (χ1) is 20.2. The molecule has 0 unspecified atom stereocenters. The van der Waals surface area contributed by atoms with Crippen molar-refractivity contribution in [2.45, 2.75) is 69.9 Å². The highest BCUT2D eigenvalue weighted by Gasteiger charge is 2.45. The zero-order valence-corrected chi connectivity index (χ0v) is 25.4. The fraction of sp³-hybridized carbons (Fsp3) is 0.485. The van der Waals surface area contributed by atoms with E-state index in [1.165, 1.54) is 12.1 Å². The maximum Gasteiger partial charge on any atom is 0.224 e. The van der Waals surface area contributed by atoms with Crippen LogP contribution in [0.15, 0.2) is 60.9 Å². The highest BCUT2D eigenvalue weighted by molar-refractivity contribution is 7.85. The molecule has 2 aliphatic carbocycles. The fourth-order valence-electron chi connectivity index (χ4n) is 5.49. The van der Waals surface area contributed by atoms with Gasteiger partial charge in [0.05, 0.1) is 23.6 Å². The molecule has 3 aliphatic rings. The Labute approximate surface area is 251 Å². The van der Waals surface area contributed by atoms with E-state index in [0.29, 0.717) is 0 Å². The molecule has 42 heavy (non-hydrogen) atoms. The normalized spacial score (nSPS) is 18.9. The average molecular weight is 588 g/mol. The zero-order valence-electron chi connectivity index (χ0n) is 24.6. The predicted octanol–water partition coefficient (Wildman–Crippen LogP) is 5.07. The second kappa shape index (κ2) is 12.8. The molecule has 2 saturated carbocycles. The lowest BCUT2D eigenvalue weighted by molar-refractivity contribution is -0.126. The molecule has 0 radical (unpaired) electrons. The molecule has 1 saturated heterocycles. The summed E-state index contributed by atoms with van der Waals surface area (Å²) in [5.74, 6) is 1.79. The topological polar surface area (TPSA) is 111 Å². The predicted molar refractivity (Wildman–Crippen MR) is 167 cm³/mol. The van der Waals surface area contributed by atoms with Crippen molar-refractivity contribution in [1.29, 1.82) is 5.26 Å². The van der Waals surface area contributed by atoms with E-state index in [-0.39, 0.29) is 11.8 Å². The van der Waals surface area contributed by atoms with Gasteiger partial charge in [0.1, 0.15) is 5.54 Å². The molecule has 0 spiro atoms. The number of aliphatic hydroxyl groups is 1. The van der Waals surface area contributed by atoms with Crippen molar-refractivity contribution in [1.82, 2.24) is 15.1 Å². The third-order valence-electron chi connectivity index (χ3n) is 8.47. The lowest BCUT2D eigenvalue weighted by Gasteiger charge is -2.28. The van der Waals surface area contributed by atoms with E-state index >= 15 is 0 Å². The highest BCUT2D eigenvalue weighted by Crippen LogP contribution is 2.35. The summed E-state index contributed by atoms with van der Waals surface area (Å²) in [6.45, 7) is 5.26. The van der Waals surface area contributed by atoms with Crippen LogP contribution in [-0.4, -0.2) is 55.1 Å². The van der Waals surface area contributed by atoms with Crippen molar-refractivity contribution in [3.05, 3.63) is 66.5 Å². The molecule has 1 aromatic heterocycles. The van der Waals surface area contributed by atoms with Crippen LogP contribution in [0.2, 0.25) is 0 Å². The Morgan fingerprint density at radius 3 is 2.19 bits per heavy atom. The monoisotopic (exact) mass is 587 g/mol. The Morgan fingerprint density at radius 2 is 1.62 bits per heavy atom. The van der Waals surface area contributed by atoms with Gasteiger partial charge < -0.3 is 15.3 Å². The van der Waals surface area contributed by atoms with Crippen molar-refractivity contribution < 1.29 is 14.1 Å². The second-order valence-corrected chi connectivity index (χ2v) is 13.9. The van der Waals surface area contributed by atoms with E-state index in [0.717, 1.165) is 85.5 Å². The lowest BCUT2D eigenvalue weighted by atomic mass is 9.88. The molecule has 6 rings (SSSR count). The number of nitrogens with zero attached hydrogens (tertiary/aromatic N) is 4. The Morgan fingerprint density at radius 1 is 1.00 bits per heavy atom. The molecule has 9 heteroatoms. The molecule has 3 fully saturated rings. The van der Waals surface area contributed by atoms with Crippen LogP contribution in [0.3, 0.4) is 0 Å². The van der Waals surface area contributed by atoms with Gasteiger partial charge in [-0.2, -0.15) is 10.4 Å². The lowest BCUT2D eigenvalue weighted by Crippen LogP contribution is -2.40. The molecule has 1 aliphatic heterocycles. The first-order valence-electron chi connectivity index (χ1n) is 15.0. The van der Waals surface area contributed by atoms with Crippen LogP contribution >= 0.6 is 0 Å². The Bertz CT molecular complexity index is 1420. The van der Waals surface area contributed by atoms with Crippen molar-refractivity contribution in [2.24, 2.45) is 5.92 Å². The number of hydrogen-bond donors (Lipinski definition) is 2. The number of hydrogen-bond acceptors (Lipinski definition) is 6. The van der Waals surface area contributed by atoms with E-state index in [4.69, 9.17) is 5.26 Å². The smallest absolute Gasteiger partial charge is 0.224 e.